The summed E-state index contributed by atoms with van der Waals surface area (Å²) in [5.74, 6) is -1.60. The third-order valence-electron chi connectivity index (χ3n) is 6.38. The van der Waals surface area contributed by atoms with Gasteiger partial charge in [-0.1, -0.05) is 23.7 Å². The van der Waals surface area contributed by atoms with E-state index >= 15 is 4.39 Å². The summed E-state index contributed by atoms with van der Waals surface area (Å²) in [5.41, 5.74) is 1.34. The number of methoxy groups -OCH3 is 1. The number of pyridine rings is 2. The number of hydrogen-bond donors (Lipinski definition) is 2. The molecule has 0 saturated carbocycles. The minimum atomic E-state index is -0.944. The number of halogens is 2. The predicted molar refractivity (Wildman–Crippen MR) is 147 cm³/mol. The van der Waals surface area contributed by atoms with Crippen LogP contribution in [-0.4, -0.2) is 45.7 Å². The molecule has 1 atom stereocenters. The van der Waals surface area contributed by atoms with Gasteiger partial charge in [0.05, 0.1) is 30.1 Å². The van der Waals surface area contributed by atoms with E-state index in [2.05, 4.69) is 20.6 Å². The number of aromatic nitrogens is 2. The number of ether oxygens (including phenoxy) is 1. The van der Waals surface area contributed by atoms with Crippen molar-refractivity contribution in [1.29, 1.82) is 0 Å². The van der Waals surface area contributed by atoms with Crippen molar-refractivity contribution >= 4 is 40.8 Å². The van der Waals surface area contributed by atoms with Crippen molar-refractivity contribution in [2.45, 2.75) is 19.0 Å². The van der Waals surface area contributed by atoms with Gasteiger partial charge in [-0.05, 0) is 60.2 Å². The van der Waals surface area contributed by atoms with Crippen LogP contribution in [0.15, 0.2) is 79.1 Å². The van der Waals surface area contributed by atoms with Gasteiger partial charge in [-0.25, -0.2) is 9.37 Å². The molecular formula is C29H23ClFN5O4. The Bertz CT molecular complexity index is 1580. The molecule has 0 bridgehead atoms. The maximum Gasteiger partial charge on any atom is 0.259 e. The van der Waals surface area contributed by atoms with E-state index in [0.29, 0.717) is 27.7 Å². The number of carbonyl (C=O) groups excluding carboxylic acids is 3. The molecule has 1 aliphatic heterocycles. The largest absolute Gasteiger partial charge is 0.495 e. The lowest BCUT2D eigenvalue weighted by atomic mass is 10.0. The Morgan fingerprint density at radius 2 is 1.95 bits per heavy atom. The zero-order chi connectivity index (χ0) is 28.2. The van der Waals surface area contributed by atoms with Crippen LogP contribution in [0.25, 0.3) is 0 Å². The van der Waals surface area contributed by atoms with E-state index in [4.69, 9.17) is 16.3 Å². The molecule has 1 unspecified atom stereocenters. The average Bonchev–Trinajstić information content (AvgIpc) is 3.03. The van der Waals surface area contributed by atoms with Crippen LogP contribution in [0.1, 0.15) is 32.0 Å². The highest BCUT2D eigenvalue weighted by molar-refractivity contribution is 6.31. The van der Waals surface area contributed by atoms with Crippen LogP contribution in [0.3, 0.4) is 0 Å². The van der Waals surface area contributed by atoms with Gasteiger partial charge >= 0.3 is 0 Å². The summed E-state index contributed by atoms with van der Waals surface area (Å²) in [5, 5.41) is 5.70. The van der Waals surface area contributed by atoms with Gasteiger partial charge in [0.1, 0.15) is 23.4 Å². The standard InChI is InChI=1S/C29H23ClFN5O4/c1-40-20-7-10-26(33-15-20)35-27(37)21-8-5-17(12-23(21)31)16-36-25(14-19-4-2-3-11-32-19)28(38)34-24-13-18(30)6-9-22(24)29(36)39/h2-13,15,25H,14,16H2,1H3,(H,34,38)(H,33,35,37). The van der Waals surface area contributed by atoms with Crippen molar-refractivity contribution in [3.05, 3.63) is 112 Å². The monoisotopic (exact) mass is 559 g/mol. The molecular weight excluding hydrogens is 537 g/mol. The molecule has 40 heavy (non-hydrogen) atoms. The summed E-state index contributed by atoms with van der Waals surface area (Å²) in [6, 6.07) is 16.2. The minimum Gasteiger partial charge on any atom is -0.495 e. The number of fused-ring (bicyclic) bond motifs is 1. The number of amides is 3. The SMILES string of the molecule is COc1ccc(NC(=O)c2ccc(CN3C(=O)c4ccc(Cl)cc4NC(=O)C3Cc3ccccn3)cc2F)nc1. The average molecular weight is 560 g/mol. The molecule has 0 fully saturated rings. The summed E-state index contributed by atoms with van der Waals surface area (Å²) in [7, 11) is 1.49. The normalized spacial score (nSPS) is 14.7. The van der Waals surface area contributed by atoms with E-state index < -0.39 is 29.6 Å². The zero-order valence-electron chi connectivity index (χ0n) is 21.2. The fourth-order valence-electron chi connectivity index (χ4n) is 4.36. The first-order valence-corrected chi connectivity index (χ1v) is 12.6. The van der Waals surface area contributed by atoms with Crippen LogP contribution < -0.4 is 15.4 Å². The summed E-state index contributed by atoms with van der Waals surface area (Å²) in [4.78, 5) is 49.5. The minimum absolute atomic E-state index is 0.0926. The number of carbonyl (C=O) groups is 3. The molecule has 3 amide bonds. The Morgan fingerprint density at radius 1 is 1.10 bits per heavy atom. The van der Waals surface area contributed by atoms with Gasteiger partial charge in [0.15, 0.2) is 0 Å². The smallest absolute Gasteiger partial charge is 0.259 e. The third-order valence-corrected chi connectivity index (χ3v) is 6.62. The van der Waals surface area contributed by atoms with Gasteiger partial charge in [-0.3, -0.25) is 19.4 Å². The quantitative estimate of drug-likeness (QED) is 0.338. The van der Waals surface area contributed by atoms with Crippen molar-refractivity contribution in [2.24, 2.45) is 0 Å². The molecule has 2 aromatic heterocycles. The Labute approximate surface area is 234 Å². The lowest BCUT2D eigenvalue weighted by Gasteiger charge is -2.29. The predicted octanol–water partition coefficient (Wildman–Crippen LogP) is 4.74. The van der Waals surface area contributed by atoms with E-state index in [1.165, 1.54) is 54.6 Å². The molecule has 9 nitrogen and oxygen atoms in total. The van der Waals surface area contributed by atoms with E-state index in [0.717, 1.165) is 0 Å². The number of nitrogens with one attached hydrogen (secondary N) is 2. The summed E-state index contributed by atoms with van der Waals surface area (Å²) in [6.07, 6.45) is 3.17. The van der Waals surface area contributed by atoms with Crippen LogP contribution in [-0.2, 0) is 17.8 Å². The molecule has 2 N–H and O–H groups in total. The lowest BCUT2D eigenvalue weighted by molar-refractivity contribution is -0.120. The molecule has 5 rings (SSSR count). The molecule has 1 aliphatic rings. The van der Waals surface area contributed by atoms with Gasteiger partial charge < -0.3 is 20.3 Å². The van der Waals surface area contributed by atoms with Gasteiger partial charge in [-0.15, -0.1) is 0 Å². The fraction of sp³-hybridized carbons (Fsp3) is 0.138. The molecule has 3 heterocycles. The van der Waals surface area contributed by atoms with Crippen LogP contribution in [0.2, 0.25) is 5.02 Å². The number of rotatable bonds is 7. The van der Waals surface area contributed by atoms with E-state index in [-0.39, 0.29) is 29.9 Å². The summed E-state index contributed by atoms with van der Waals surface area (Å²) >= 11 is 6.11. The Balaban J connectivity index is 1.42. The lowest BCUT2D eigenvalue weighted by Crippen LogP contribution is -2.46. The topological polar surface area (TPSA) is 114 Å². The van der Waals surface area contributed by atoms with E-state index in [1.54, 1.807) is 36.5 Å². The first kappa shape index (κ1) is 26.8. The Hall–Kier alpha value is -4.83. The van der Waals surface area contributed by atoms with Crippen LogP contribution in [0.5, 0.6) is 5.75 Å². The van der Waals surface area contributed by atoms with Crippen LogP contribution >= 0.6 is 11.6 Å². The van der Waals surface area contributed by atoms with E-state index in [9.17, 15) is 14.4 Å². The van der Waals surface area contributed by atoms with Gasteiger partial charge in [-0.2, -0.15) is 0 Å². The number of benzene rings is 2. The Kier molecular flexibility index (Phi) is 7.70. The van der Waals surface area contributed by atoms with Gasteiger partial charge in [0, 0.05) is 29.9 Å². The highest BCUT2D eigenvalue weighted by atomic mass is 35.5. The van der Waals surface area contributed by atoms with Crippen molar-refractivity contribution in [3.8, 4) is 5.75 Å². The first-order valence-electron chi connectivity index (χ1n) is 12.2. The van der Waals surface area contributed by atoms with Crippen LogP contribution in [0, 0.1) is 5.82 Å². The molecule has 0 spiro atoms. The summed E-state index contributed by atoms with van der Waals surface area (Å²) < 4.78 is 20.2. The maximum atomic E-state index is 15.1. The molecule has 202 valence electrons. The molecule has 0 saturated heterocycles. The maximum absolute atomic E-state index is 15.1. The highest BCUT2D eigenvalue weighted by Gasteiger charge is 2.36. The zero-order valence-corrected chi connectivity index (χ0v) is 22.0. The second-order valence-corrected chi connectivity index (χ2v) is 9.44. The molecule has 4 aromatic rings. The second-order valence-electron chi connectivity index (χ2n) is 9.00. The third kappa shape index (κ3) is 5.76. The van der Waals surface area contributed by atoms with E-state index in [1.807, 2.05) is 0 Å². The van der Waals surface area contributed by atoms with Crippen LogP contribution in [0.4, 0.5) is 15.9 Å². The van der Waals surface area contributed by atoms with Crippen molar-refractivity contribution in [2.75, 3.05) is 17.7 Å². The fourth-order valence-corrected chi connectivity index (χ4v) is 4.53. The van der Waals surface area contributed by atoms with Crippen molar-refractivity contribution in [1.82, 2.24) is 14.9 Å². The molecule has 0 aliphatic carbocycles. The molecule has 11 heteroatoms. The molecule has 2 aromatic carbocycles. The Morgan fingerprint density at radius 3 is 2.65 bits per heavy atom. The first-order chi connectivity index (χ1) is 19.3. The number of hydrogen-bond acceptors (Lipinski definition) is 6. The van der Waals surface area contributed by atoms with Crippen molar-refractivity contribution in [3.63, 3.8) is 0 Å². The van der Waals surface area contributed by atoms with Crippen molar-refractivity contribution < 1.29 is 23.5 Å². The number of anilines is 2. The van der Waals surface area contributed by atoms with Gasteiger partial charge in [0.2, 0.25) is 5.91 Å². The number of nitrogens with zero attached hydrogens (tertiary/aromatic N) is 3. The van der Waals surface area contributed by atoms with Gasteiger partial charge in [0.25, 0.3) is 11.8 Å². The molecule has 0 radical (unpaired) electrons. The highest BCUT2D eigenvalue weighted by Crippen LogP contribution is 2.29. The second kappa shape index (κ2) is 11.5. The summed E-state index contributed by atoms with van der Waals surface area (Å²) in [6.45, 7) is -0.0926.